The van der Waals surface area contributed by atoms with Gasteiger partial charge in [-0.2, -0.15) is 0 Å². The third-order valence-corrected chi connectivity index (χ3v) is 3.82. The molecule has 4 nitrogen and oxygen atoms in total. The molecule has 1 atom stereocenters. The summed E-state index contributed by atoms with van der Waals surface area (Å²) < 4.78 is 0.906. The van der Waals surface area contributed by atoms with Gasteiger partial charge in [0.05, 0.1) is 0 Å². The van der Waals surface area contributed by atoms with Gasteiger partial charge in [0.2, 0.25) is 5.91 Å². The Labute approximate surface area is 112 Å². The maximum atomic E-state index is 11.9. The Kier molecular flexibility index (Phi) is 3.73. The van der Waals surface area contributed by atoms with E-state index in [4.69, 9.17) is 0 Å². The lowest BCUT2D eigenvalue weighted by molar-refractivity contribution is -0.117. The molecule has 6 heteroatoms. The number of hydrogen-bond donors (Lipinski definition) is 2. The van der Waals surface area contributed by atoms with Crippen molar-refractivity contribution in [3.05, 3.63) is 28.2 Å². The van der Waals surface area contributed by atoms with Gasteiger partial charge in [-0.25, -0.2) is 0 Å². The zero-order valence-corrected chi connectivity index (χ0v) is 11.5. The van der Waals surface area contributed by atoms with Crippen molar-refractivity contribution < 1.29 is 9.59 Å². The van der Waals surface area contributed by atoms with Crippen LogP contribution in [0.15, 0.2) is 22.7 Å². The molecule has 17 heavy (non-hydrogen) atoms. The van der Waals surface area contributed by atoms with Gasteiger partial charge in [-0.1, -0.05) is 33.8 Å². The molecule has 0 spiro atoms. The Bertz CT molecular complexity index is 479. The van der Waals surface area contributed by atoms with Crippen molar-refractivity contribution in [1.29, 1.82) is 0 Å². The Hall–Kier alpha value is -1.01. The average molecular weight is 315 g/mol. The summed E-state index contributed by atoms with van der Waals surface area (Å²) in [6, 6.07) is 5.24. The van der Waals surface area contributed by atoms with Crippen molar-refractivity contribution in [2.75, 3.05) is 11.1 Å². The van der Waals surface area contributed by atoms with Crippen LogP contribution in [0, 0.1) is 6.92 Å². The van der Waals surface area contributed by atoms with Gasteiger partial charge in [0, 0.05) is 15.9 Å². The van der Waals surface area contributed by atoms with Crippen molar-refractivity contribution >= 4 is 44.5 Å². The van der Waals surface area contributed by atoms with Gasteiger partial charge in [-0.3, -0.25) is 9.59 Å². The van der Waals surface area contributed by atoms with E-state index >= 15 is 0 Å². The zero-order valence-electron chi connectivity index (χ0n) is 9.12. The number of aryl methyl sites for hydroxylation is 1. The molecule has 0 radical (unpaired) electrons. The summed E-state index contributed by atoms with van der Waals surface area (Å²) in [7, 11) is 0. The van der Waals surface area contributed by atoms with Gasteiger partial charge in [0.15, 0.2) is 0 Å². The molecule has 1 saturated heterocycles. The fourth-order valence-electron chi connectivity index (χ4n) is 1.47. The summed E-state index contributed by atoms with van der Waals surface area (Å²) in [5.41, 5.74) is 1.74. The summed E-state index contributed by atoms with van der Waals surface area (Å²) in [6.07, 6.45) is 0. The fourth-order valence-corrected chi connectivity index (χ4v) is 2.61. The van der Waals surface area contributed by atoms with E-state index in [0.29, 0.717) is 5.75 Å². The molecule has 1 fully saturated rings. The van der Waals surface area contributed by atoms with E-state index in [2.05, 4.69) is 26.6 Å². The summed E-state index contributed by atoms with van der Waals surface area (Å²) in [4.78, 5) is 22.9. The predicted octanol–water partition coefficient (Wildman–Crippen LogP) is 2.52. The quantitative estimate of drug-likeness (QED) is 0.882. The lowest BCUT2D eigenvalue weighted by Gasteiger charge is -2.12. The molecule has 1 unspecified atom stereocenters. The minimum Gasteiger partial charge on any atom is -0.334 e. The molecule has 0 saturated carbocycles. The predicted molar refractivity (Wildman–Crippen MR) is 72.3 cm³/mol. The topological polar surface area (TPSA) is 58.2 Å². The molecule has 0 bridgehead atoms. The third kappa shape index (κ3) is 3.01. The first kappa shape index (κ1) is 12.4. The van der Waals surface area contributed by atoms with Crippen molar-refractivity contribution in [2.45, 2.75) is 13.0 Å². The molecule has 2 rings (SSSR count). The summed E-state index contributed by atoms with van der Waals surface area (Å²) in [6.45, 7) is 1.92. The fraction of sp³-hybridized carbons (Fsp3) is 0.273. The van der Waals surface area contributed by atoms with Gasteiger partial charge in [0.25, 0.3) is 5.24 Å². The first-order valence-corrected chi connectivity index (χ1v) is 6.84. The Morgan fingerprint density at radius 1 is 1.59 bits per heavy atom. The van der Waals surface area contributed by atoms with Crippen molar-refractivity contribution in [1.82, 2.24) is 5.32 Å². The van der Waals surface area contributed by atoms with Crippen LogP contribution in [-0.2, 0) is 4.79 Å². The Morgan fingerprint density at radius 2 is 2.35 bits per heavy atom. The molecule has 2 amide bonds. The number of amides is 2. The second-order valence-electron chi connectivity index (χ2n) is 3.74. The van der Waals surface area contributed by atoms with Crippen LogP contribution in [0.2, 0.25) is 0 Å². The van der Waals surface area contributed by atoms with Crippen LogP contribution < -0.4 is 10.6 Å². The van der Waals surface area contributed by atoms with Crippen LogP contribution in [-0.4, -0.2) is 22.9 Å². The Balaban J connectivity index is 2.07. The van der Waals surface area contributed by atoms with Crippen LogP contribution in [0.4, 0.5) is 10.5 Å². The zero-order chi connectivity index (χ0) is 12.4. The summed E-state index contributed by atoms with van der Waals surface area (Å²) in [5.74, 6) is 0.308. The largest absolute Gasteiger partial charge is 0.334 e. The average Bonchev–Trinajstić information content (AvgIpc) is 2.70. The second kappa shape index (κ2) is 5.10. The highest BCUT2D eigenvalue weighted by Gasteiger charge is 2.28. The van der Waals surface area contributed by atoms with E-state index in [9.17, 15) is 9.59 Å². The number of hydrogen-bond acceptors (Lipinski definition) is 3. The van der Waals surface area contributed by atoms with Crippen LogP contribution >= 0.6 is 27.7 Å². The molecular formula is C11H11BrN2O2S. The monoisotopic (exact) mass is 314 g/mol. The van der Waals surface area contributed by atoms with Crippen molar-refractivity contribution in [3.63, 3.8) is 0 Å². The number of nitrogens with one attached hydrogen (secondary N) is 2. The van der Waals surface area contributed by atoms with Crippen molar-refractivity contribution in [2.24, 2.45) is 0 Å². The van der Waals surface area contributed by atoms with E-state index in [0.717, 1.165) is 27.5 Å². The third-order valence-electron chi connectivity index (χ3n) is 2.45. The SMILES string of the molecule is Cc1ccc(Br)cc1NC(=O)C1CSC(=O)N1. The van der Waals surface area contributed by atoms with Crippen LogP contribution in [0.25, 0.3) is 0 Å². The molecule has 1 heterocycles. The first-order chi connectivity index (χ1) is 8.06. The minimum atomic E-state index is -0.439. The van der Waals surface area contributed by atoms with E-state index in [1.54, 1.807) is 0 Å². The number of thioether (sulfide) groups is 1. The highest BCUT2D eigenvalue weighted by atomic mass is 79.9. The maximum absolute atomic E-state index is 11.9. The lowest BCUT2D eigenvalue weighted by atomic mass is 10.2. The molecule has 1 aromatic rings. The number of halogens is 1. The highest BCUT2D eigenvalue weighted by Crippen LogP contribution is 2.21. The number of anilines is 1. The highest BCUT2D eigenvalue weighted by molar-refractivity contribution is 9.10. The standard InChI is InChI=1S/C11H11BrN2O2S/c1-6-2-3-7(12)4-8(6)13-10(15)9-5-17-11(16)14-9/h2-4,9H,5H2,1H3,(H,13,15)(H,14,16). The minimum absolute atomic E-state index is 0.142. The van der Waals surface area contributed by atoms with Gasteiger partial charge in [-0.05, 0) is 24.6 Å². The molecule has 1 aromatic carbocycles. The molecule has 1 aliphatic heterocycles. The van der Waals surface area contributed by atoms with E-state index in [-0.39, 0.29) is 11.1 Å². The number of carbonyl (C=O) groups excluding carboxylic acids is 2. The van der Waals surface area contributed by atoms with E-state index < -0.39 is 6.04 Å². The van der Waals surface area contributed by atoms with E-state index in [1.807, 2.05) is 25.1 Å². The smallest absolute Gasteiger partial charge is 0.279 e. The first-order valence-electron chi connectivity index (χ1n) is 5.06. The molecule has 90 valence electrons. The molecule has 2 N–H and O–H groups in total. The summed E-state index contributed by atoms with van der Waals surface area (Å²) >= 11 is 4.49. The number of benzene rings is 1. The molecule has 0 aliphatic carbocycles. The maximum Gasteiger partial charge on any atom is 0.279 e. The van der Waals surface area contributed by atoms with Gasteiger partial charge >= 0.3 is 0 Å². The molecule has 1 aliphatic rings. The van der Waals surface area contributed by atoms with Crippen molar-refractivity contribution in [3.8, 4) is 0 Å². The van der Waals surface area contributed by atoms with Gasteiger partial charge < -0.3 is 10.6 Å². The molecule has 0 aromatic heterocycles. The lowest BCUT2D eigenvalue weighted by Crippen LogP contribution is -2.38. The van der Waals surface area contributed by atoms with Gasteiger partial charge in [-0.15, -0.1) is 0 Å². The summed E-state index contributed by atoms with van der Waals surface area (Å²) in [5, 5.41) is 5.28. The van der Waals surface area contributed by atoms with E-state index in [1.165, 1.54) is 0 Å². The molecular weight excluding hydrogens is 304 g/mol. The normalized spacial score (nSPS) is 18.9. The number of rotatable bonds is 2. The Morgan fingerprint density at radius 3 is 3.00 bits per heavy atom. The second-order valence-corrected chi connectivity index (χ2v) is 5.65. The van der Waals surface area contributed by atoms with Crippen LogP contribution in [0.1, 0.15) is 5.56 Å². The van der Waals surface area contributed by atoms with Gasteiger partial charge in [0.1, 0.15) is 6.04 Å². The van der Waals surface area contributed by atoms with Crippen LogP contribution in [0.5, 0.6) is 0 Å². The number of carbonyl (C=O) groups is 2. The van der Waals surface area contributed by atoms with Crippen LogP contribution in [0.3, 0.4) is 0 Å².